The van der Waals surface area contributed by atoms with Gasteiger partial charge in [0.15, 0.2) is 0 Å². The van der Waals surface area contributed by atoms with Gasteiger partial charge in [-0.25, -0.2) is 0 Å². The second kappa shape index (κ2) is 5.03. The molecule has 16 heavy (non-hydrogen) atoms. The van der Waals surface area contributed by atoms with Crippen molar-refractivity contribution in [2.75, 3.05) is 7.11 Å². The van der Waals surface area contributed by atoms with Gasteiger partial charge in [0.25, 0.3) is 10.1 Å². The Bertz CT molecular complexity index is 588. The molecule has 0 saturated heterocycles. The van der Waals surface area contributed by atoms with Gasteiger partial charge in [-0.1, -0.05) is 36.4 Å². The van der Waals surface area contributed by atoms with E-state index < -0.39 is 10.1 Å². The van der Waals surface area contributed by atoms with Crippen LogP contribution in [0.3, 0.4) is 0 Å². The minimum atomic E-state index is -3.62. The van der Waals surface area contributed by atoms with Gasteiger partial charge in [0, 0.05) is 5.39 Å². The van der Waals surface area contributed by atoms with Crippen LogP contribution in [0.5, 0.6) is 0 Å². The topological polar surface area (TPSA) is 43.4 Å². The first-order valence-corrected chi connectivity index (χ1v) is 5.84. The molecule has 0 spiro atoms. The molecule has 0 aliphatic rings. The summed E-state index contributed by atoms with van der Waals surface area (Å²) in [4.78, 5) is 0.211. The summed E-state index contributed by atoms with van der Waals surface area (Å²) in [5.74, 6) is 0. The summed E-state index contributed by atoms with van der Waals surface area (Å²) in [6.07, 6.45) is 0. The normalized spacial score (nSPS) is 11.1. The Labute approximate surface area is 107 Å². The van der Waals surface area contributed by atoms with Crippen LogP contribution in [0.25, 0.3) is 10.8 Å². The molecule has 80 valence electrons. The van der Waals surface area contributed by atoms with E-state index in [1.807, 2.05) is 18.2 Å². The molecular weight excluding hydrogens is 219 g/mol. The van der Waals surface area contributed by atoms with Crippen LogP contribution in [0.2, 0.25) is 0 Å². The summed E-state index contributed by atoms with van der Waals surface area (Å²) in [7, 11) is -2.46. The Kier molecular flexibility index (Phi) is 4.17. The third kappa shape index (κ3) is 2.31. The van der Waals surface area contributed by atoms with Crippen molar-refractivity contribution < 1.29 is 12.6 Å². The molecule has 0 amide bonds. The minimum absolute atomic E-state index is 0. The summed E-state index contributed by atoms with van der Waals surface area (Å²) >= 11 is 0. The molecule has 0 aromatic heterocycles. The van der Waals surface area contributed by atoms with Crippen LogP contribution in [-0.2, 0) is 14.3 Å². The molecule has 0 saturated carbocycles. The molecule has 0 aliphatic heterocycles. The number of benzene rings is 2. The molecule has 5 heteroatoms. The van der Waals surface area contributed by atoms with Crippen molar-refractivity contribution in [3.05, 3.63) is 42.5 Å². The Balaban J connectivity index is 0.00000128. The second-order valence-electron chi connectivity index (χ2n) is 3.10. The van der Waals surface area contributed by atoms with Gasteiger partial charge in [-0.2, -0.15) is 8.42 Å². The zero-order chi connectivity index (χ0) is 10.9. The van der Waals surface area contributed by atoms with Crippen LogP contribution >= 0.6 is 0 Å². The van der Waals surface area contributed by atoms with Crippen molar-refractivity contribution in [3.63, 3.8) is 0 Å². The fourth-order valence-electron chi connectivity index (χ4n) is 1.50. The quantitative estimate of drug-likeness (QED) is 0.580. The number of hydrogen-bond acceptors (Lipinski definition) is 3. The standard InChI is InChI=1S/C11H10O3S.Li.H/c1-14-15(12,13)11-8-4-6-9-5-2-3-7-10(9)11;;/h2-8H,1H3;;. The molecule has 0 N–H and O–H groups in total. The van der Waals surface area contributed by atoms with Crippen LogP contribution in [0.1, 0.15) is 0 Å². The van der Waals surface area contributed by atoms with Gasteiger partial charge in [0.2, 0.25) is 0 Å². The Morgan fingerprint density at radius 1 is 1.00 bits per heavy atom. The molecule has 2 rings (SSSR count). The van der Waals surface area contributed by atoms with Gasteiger partial charge < -0.3 is 0 Å². The van der Waals surface area contributed by atoms with Gasteiger partial charge in [0.05, 0.1) is 7.11 Å². The molecule has 3 nitrogen and oxygen atoms in total. The average molecular weight is 230 g/mol. The van der Waals surface area contributed by atoms with E-state index in [4.69, 9.17) is 0 Å². The van der Waals surface area contributed by atoms with Crippen molar-refractivity contribution in [2.45, 2.75) is 4.90 Å². The van der Waals surface area contributed by atoms with Gasteiger partial charge in [-0.05, 0) is 11.5 Å². The number of fused-ring (bicyclic) bond motifs is 1. The third-order valence-electron chi connectivity index (χ3n) is 2.24. The van der Waals surface area contributed by atoms with E-state index >= 15 is 0 Å². The van der Waals surface area contributed by atoms with Crippen LogP contribution in [-0.4, -0.2) is 34.4 Å². The predicted octanol–water partition coefficient (Wildman–Crippen LogP) is 1.53. The van der Waals surface area contributed by atoms with E-state index in [0.717, 1.165) is 12.5 Å². The molecule has 0 radical (unpaired) electrons. The van der Waals surface area contributed by atoms with Crippen molar-refractivity contribution in [1.29, 1.82) is 0 Å². The van der Waals surface area contributed by atoms with Gasteiger partial charge in [-0.3, -0.25) is 4.18 Å². The van der Waals surface area contributed by atoms with Crippen molar-refractivity contribution in [1.82, 2.24) is 0 Å². The molecule has 0 bridgehead atoms. The van der Waals surface area contributed by atoms with Crippen LogP contribution in [0.15, 0.2) is 47.4 Å². The first-order valence-electron chi connectivity index (χ1n) is 4.43. The Morgan fingerprint density at radius 2 is 1.62 bits per heavy atom. The molecule has 2 aromatic rings. The molecule has 2 aromatic carbocycles. The third-order valence-corrected chi connectivity index (χ3v) is 3.57. The van der Waals surface area contributed by atoms with E-state index in [0.29, 0.717) is 5.39 Å². The summed E-state index contributed by atoms with van der Waals surface area (Å²) < 4.78 is 27.7. The SMILES string of the molecule is COS(=O)(=O)c1cccc2ccccc12.[LiH]. The van der Waals surface area contributed by atoms with Gasteiger partial charge >= 0.3 is 18.9 Å². The molecule has 0 unspecified atom stereocenters. The Hall–Kier alpha value is -0.793. The summed E-state index contributed by atoms with van der Waals surface area (Å²) in [6.45, 7) is 0. The maximum atomic E-state index is 11.6. The Morgan fingerprint density at radius 3 is 2.31 bits per heavy atom. The first-order chi connectivity index (χ1) is 7.15. The predicted molar refractivity (Wildman–Crippen MR) is 65.3 cm³/mol. The number of rotatable bonds is 2. The monoisotopic (exact) mass is 230 g/mol. The second-order valence-corrected chi connectivity index (χ2v) is 4.78. The van der Waals surface area contributed by atoms with Crippen LogP contribution in [0, 0.1) is 0 Å². The van der Waals surface area contributed by atoms with Crippen molar-refractivity contribution in [2.24, 2.45) is 0 Å². The van der Waals surface area contributed by atoms with E-state index in [1.54, 1.807) is 24.3 Å². The van der Waals surface area contributed by atoms with Crippen molar-refractivity contribution in [3.8, 4) is 0 Å². The summed E-state index contributed by atoms with van der Waals surface area (Å²) in [5, 5.41) is 1.57. The van der Waals surface area contributed by atoms with E-state index in [1.165, 1.54) is 0 Å². The van der Waals surface area contributed by atoms with Gasteiger partial charge in [0.1, 0.15) is 4.90 Å². The fourth-order valence-corrected chi connectivity index (χ4v) is 2.38. The molecular formula is C11H11LiO3S. The van der Waals surface area contributed by atoms with Crippen LogP contribution in [0.4, 0.5) is 0 Å². The molecule has 0 heterocycles. The van der Waals surface area contributed by atoms with E-state index in [9.17, 15) is 8.42 Å². The fraction of sp³-hybridized carbons (Fsp3) is 0.0909. The average Bonchev–Trinajstić information content (AvgIpc) is 2.28. The van der Waals surface area contributed by atoms with Crippen molar-refractivity contribution >= 4 is 39.8 Å². The van der Waals surface area contributed by atoms with Gasteiger partial charge in [-0.15, -0.1) is 0 Å². The zero-order valence-electron chi connectivity index (χ0n) is 8.17. The summed E-state index contributed by atoms with van der Waals surface area (Å²) in [6, 6.07) is 12.4. The molecule has 0 fully saturated rings. The van der Waals surface area contributed by atoms with E-state index in [2.05, 4.69) is 4.18 Å². The molecule has 0 aliphatic carbocycles. The summed E-state index contributed by atoms with van der Waals surface area (Å²) in [5.41, 5.74) is 0. The zero-order valence-corrected chi connectivity index (χ0v) is 8.99. The first kappa shape index (κ1) is 13.3. The maximum absolute atomic E-state index is 11.6. The van der Waals surface area contributed by atoms with E-state index in [-0.39, 0.29) is 23.8 Å². The molecule has 0 atom stereocenters. The number of hydrogen-bond donors (Lipinski definition) is 0. The van der Waals surface area contributed by atoms with Crippen LogP contribution < -0.4 is 0 Å².